The number of benzene rings is 1. The van der Waals surface area contributed by atoms with Crippen molar-refractivity contribution in [3.05, 3.63) is 46.7 Å². The van der Waals surface area contributed by atoms with Crippen LogP contribution in [0.1, 0.15) is 30.6 Å². The van der Waals surface area contributed by atoms with Gasteiger partial charge in [-0.3, -0.25) is 14.5 Å². The third kappa shape index (κ3) is 5.15. The lowest BCUT2D eigenvalue weighted by molar-refractivity contribution is -0.115. The predicted molar refractivity (Wildman–Crippen MR) is 104 cm³/mol. The van der Waals surface area contributed by atoms with Crippen LogP contribution in [0.4, 0.5) is 5.69 Å². The van der Waals surface area contributed by atoms with E-state index < -0.39 is 10.0 Å². The molecular formula is C18H21N3O3S2. The van der Waals surface area contributed by atoms with Crippen LogP contribution in [-0.4, -0.2) is 26.7 Å². The van der Waals surface area contributed by atoms with Crippen LogP contribution < -0.4 is 10.0 Å². The average molecular weight is 392 g/mol. The van der Waals surface area contributed by atoms with Gasteiger partial charge in [-0.1, -0.05) is 12.5 Å². The van der Waals surface area contributed by atoms with Gasteiger partial charge in [-0.05, 0) is 48.6 Å². The summed E-state index contributed by atoms with van der Waals surface area (Å²) in [4.78, 5) is 17.4. The lowest BCUT2D eigenvalue weighted by atomic mass is 10.2. The molecule has 0 bridgehead atoms. The van der Waals surface area contributed by atoms with Gasteiger partial charge in [0.1, 0.15) is 5.84 Å². The number of anilines is 1. The fourth-order valence-electron chi connectivity index (χ4n) is 2.67. The molecular weight excluding hydrogens is 370 g/mol. The maximum absolute atomic E-state index is 12.5. The summed E-state index contributed by atoms with van der Waals surface area (Å²) in [7, 11) is -3.65. The third-order valence-corrected chi connectivity index (χ3v) is 6.26. The van der Waals surface area contributed by atoms with Crippen molar-refractivity contribution in [1.82, 2.24) is 4.72 Å². The van der Waals surface area contributed by atoms with E-state index in [0.717, 1.165) is 24.1 Å². The van der Waals surface area contributed by atoms with E-state index in [1.807, 2.05) is 17.5 Å². The largest absolute Gasteiger partial charge is 0.326 e. The molecule has 8 heteroatoms. The summed E-state index contributed by atoms with van der Waals surface area (Å²) in [5.41, 5.74) is 0.567. The van der Waals surface area contributed by atoms with Crippen molar-refractivity contribution in [2.45, 2.75) is 37.0 Å². The molecule has 2 heterocycles. The van der Waals surface area contributed by atoms with Gasteiger partial charge in [-0.2, -0.15) is 0 Å². The van der Waals surface area contributed by atoms with Crippen LogP contribution in [0.2, 0.25) is 0 Å². The van der Waals surface area contributed by atoms with Crippen molar-refractivity contribution < 1.29 is 13.2 Å². The molecule has 0 unspecified atom stereocenters. The number of hydrogen-bond acceptors (Lipinski definition) is 5. The zero-order valence-electron chi connectivity index (χ0n) is 14.3. The number of sulfonamides is 1. The van der Waals surface area contributed by atoms with E-state index >= 15 is 0 Å². The van der Waals surface area contributed by atoms with Crippen molar-refractivity contribution in [3.63, 3.8) is 0 Å². The zero-order valence-corrected chi connectivity index (χ0v) is 15.9. The zero-order chi connectivity index (χ0) is 18.4. The molecule has 1 amide bonds. The molecule has 0 aliphatic carbocycles. The second-order valence-electron chi connectivity index (χ2n) is 6.07. The molecule has 0 saturated carbocycles. The molecule has 0 spiro atoms. The topological polar surface area (TPSA) is 87.6 Å². The molecule has 138 valence electrons. The summed E-state index contributed by atoms with van der Waals surface area (Å²) in [6, 6.07) is 9.96. The van der Waals surface area contributed by atoms with E-state index in [4.69, 9.17) is 0 Å². The number of aliphatic imine (C=N–C) groups is 1. The molecule has 3 rings (SSSR count). The number of carbonyl (C=O) groups is 1. The van der Waals surface area contributed by atoms with Gasteiger partial charge in [0.2, 0.25) is 5.91 Å². The monoisotopic (exact) mass is 391 g/mol. The summed E-state index contributed by atoms with van der Waals surface area (Å²) in [5.74, 6) is 0.393. The Labute approximate surface area is 157 Å². The smallest absolute Gasteiger partial charge is 0.262 e. The van der Waals surface area contributed by atoms with Crippen molar-refractivity contribution in [2.75, 3.05) is 11.9 Å². The summed E-state index contributed by atoms with van der Waals surface area (Å²) in [6.45, 7) is 0.660. The average Bonchev–Trinajstić information content (AvgIpc) is 2.98. The highest BCUT2D eigenvalue weighted by atomic mass is 32.2. The van der Waals surface area contributed by atoms with Crippen LogP contribution in [0.15, 0.2) is 51.7 Å². The Morgan fingerprint density at radius 1 is 1.12 bits per heavy atom. The number of amides is 1. The number of rotatable bonds is 5. The van der Waals surface area contributed by atoms with Crippen molar-refractivity contribution in [1.29, 1.82) is 0 Å². The van der Waals surface area contributed by atoms with Gasteiger partial charge in [0.25, 0.3) is 10.0 Å². The second-order valence-corrected chi connectivity index (χ2v) is 8.79. The number of nitrogens with zero attached hydrogens (tertiary/aromatic N) is 1. The Kier molecular flexibility index (Phi) is 6.05. The summed E-state index contributed by atoms with van der Waals surface area (Å²) >= 11 is 1.53. The second kappa shape index (κ2) is 8.46. The van der Waals surface area contributed by atoms with Crippen molar-refractivity contribution >= 4 is 38.8 Å². The van der Waals surface area contributed by atoms with Gasteiger partial charge in [0.15, 0.2) is 0 Å². The molecule has 1 aromatic heterocycles. The molecule has 26 heavy (non-hydrogen) atoms. The first kappa shape index (κ1) is 18.6. The van der Waals surface area contributed by atoms with Crippen molar-refractivity contribution in [2.24, 2.45) is 4.99 Å². The Hall–Kier alpha value is -2.19. The van der Waals surface area contributed by atoms with E-state index in [1.54, 1.807) is 12.1 Å². The molecule has 0 radical (unpaired) electrons. The van der Waals surface area contributed by atoms with Crippen LogP contribution in [0.5, 0.6) is 0 Å². The minimum atomic E-state index is -3.65. The standard InChI is InChI=1S/C18H21N3O3S2/c22-18(13-15-5-4-12-25-15)20-14-7-9-16(10-8-14)26(23,24)21-17-6-2-1-3-11-19-17/h4-5,7-10,12H,1-3,6,11,13H2,(H,19,21)(H,20,22). The molecule has 6 nitrogen and oxygen atoms in total. The SMILES string of the molecule is O=C(Cc1cccs1)Nc1ccc(S(=O)(=O)NC2=NCCCCC2)cc1. The fraction of sp³-hybridized carbons (Fsp3) is 0.333. The maximum Gasteiger partial charge on any atom is 0.262 e. The van der Waals surface area contributed by atoms with Gasteiger partial charge < -0.3 is 5.32 Å². The maximum atomic E-state index is 12.5. The van der Waals surface area contributed by atoms with E-state index in [-0.39, 0.29) is 10.8 Å². The molecule has 2 N–H and O–H groups in total. The summed E-state index contributed by atoms with van der Waals surface area (Å²) in [5, 5.41) is 4.70. The van der Waals surface area contributed by atoms with E-state index in [9.17, 15) is 13.2 Å². The van der Waals surface area contributed by atoms with Gasteiger partial charge in [0.05, 0.1) is 11.3 Å². The quantitative estimate of drug-likeness (QED) is 0.820. The van der Waals surface area contributed by atoms with Crippen molar-refractivity contribution in [3.8, 4) is 0 Å². The molecule has 0 saturated heterocycles. The molecule has 1 aliphatic rings. The summed E-state index contributed by atoms with van der Waals surface area (Å²) < 4.78 is 27.5. The van der Waals surface area contributed by atoms with Gasteiger partial charge >= 0.3 is 0 Å². The first-order valence-electron chi connectivity index (χ1n) is 8.51. The molecule has 1 aromatic carbocycles. The van der Waals surface area contributed by atoms with Gasteiger partial charge in [-0.15, -0.1) is 11.3 Å². The molecule has 0 atom stereocenters. The predicted octanol–water partition coefficient (Wildman–Crippen LogP) is 3.18. The van der Waals surface area contributed by atoms with Crippen LogP contribution >= 0.6 is 11.3 Å². The lowest BCUT2D eigenvalue weighted by Gasteiger charge is -2.10. The normalized spacial score (nSPS) is 15.0. The number of hydrogen-bond donors (Lipinski definition) is 2. The first-order valence-corrected chi connectivity index (χ1v) is 10.9. The minimum Gasteiger partial charge on any atom is -0.326 e. The highest BCUT2D eigenvalue weighted by molar-refractivity contribution is 7.90. The van der Waals surface area contributed by atoms with Crippen LogP contribution in [0.25, 0.3) is 0 Å². The third-order valence-electron chi connectivity index (χ3n) is 3.99. The Morgan fingerprint density at radius 3 is 2.65 bits per heavy atom. The molecule has 1 aliphatic heterocycles. The Bertz CT molecular complexity index is 873. The Balaban J connectivity index is 1.62. The lowest BCUT2D eigenvalue weighted by Crippen LogP contribution is -2.30. The number of amidine groups is 1. The van der Waals surface area contributed by atoms with Gasteiger partial charge in [0, 0.05) is 23.5 Å². The summed E-state index contributed by atoms with van der Waals surface area (Å²) in [6.07, 6.45) is 3.95. The van der Waals surface area contributed by atoms with E-state index in [1.165, 1.54) is 23.5 Å². The fourth-order valence-corrected chi connectivity index (χ4v) is 4.46. The number of carbonyl (C=O) groups excluding carboxylic acids is 1. The molecule has 0 fully saturated rings. The highest BCUT2D eigenvalue weighted by Gasteiger charge is 2.17. The number of nitrogens with one attached hydrogen (secondary N) is 2. The van der Waals surface area contributed by atoms with E-state index in [2.05, 4.69) is 15.0 Å². The Morgan fingerprint density at radius 2 is 1.92 bits per heavy atom. The minimum absolute atomic E-state index is 0.131. The first-order chi connectivity index (χ1) is 12.5. The highest BCUT2D eigenvalue weighted by Crippen LogP contribution is 2.16. The van der Waals surface area contributed by atoms with Crippen LogP contribution in [-0.2, 0) is 21.2 Å². The van der Waals surface area contributed by atoms with Gasteiger partial charge in [-0.25, -0.2) is 8.42 Å². The van der Waals surface area contributed by atoms with Crippen LogP contribution in [0, 0.1) is 0 Å². The molecule has 2 aromatic rings. The number of thiophene rings is 1. The van der Waals surface area contributed by atoms with Crippen LogP contribution in [0.3, 0.4) is 0 Å². The van der Waals surface area contributed by atoms with E-state index in [0.29, 0.717) is 30.9 Å².